The van der Waals surface area contributed by atoms with Crippen molar-refractivity contribution in [1.29, 1.82) is 0 Å². The van der Waals surface area contributed by atoms with Crippen LogP contribution in [0.15, 0.2) is 48.5 Å². The minimum atomic E-state index is 0.594. The van der Waals surface area contributed by atoms with Crippen LogP contribution in [0.25, 0.3) is 11.4 Å². The molecule has 0 unspecified atom stereocenters. The Hall–Kier alpha value is -2.33. The van der Waals surface area contributed by atoms with E-state index in [1.165, 1.54) is 5.56 Å². The summed E-state index contributed by atoms with van der Waals surface area (Å²) in [5.41, 5.74) is 3.20. The molecule has 1 aromatic heterocycles. The monoisotopic (exact) mass is 298 g/mol. The number of benzene rings is 2. The molecule has 0 saturated heterocycles. The molecule has 0 saturated carbocycles. The van der Waals surface area contributed by atoms with Gasteiger partial charge in [-0.3, -0.25) is 5.10 Å². The Morgan fingerprint density at radius 3 is 2.71 bits per heavy atom. The van der Waals surface area contributed by atoms with Crippen molar-refractivity contribution in [2.24, 2.45) is 0 Å². The van der Waals surface area contributed by atoms with E-state index in [2.05, 4.69) is 39.6 Å². The first kappa shape index (κ1) is 13.6. The molecule has 0 radical (unpaired) electrons. The molecular weight excluding hydrogens is 284 g/mol. The zero-order chi connectivity index (χ0) is 14.7. The van der Waals surface area contributed by atoms with Crippen molar-refractivity contribution in [2.45, 2.75) is 13.5 Å². The minimum Gasteiger partial charge on any atom is -0.378 e. The van der Waals surface area contributed by atoms with Gasteiger partial charge in [0.25, 0.3) is 0 Å². The Morgan fingerprint density at radius 1 is 1.14 bits per heavy atom. The summed E-state index contributed by atoms with van der Waals surface area (Å²) in [6.07, 6.45) is 0. The average Bonchev–Trinajstić information content (AvgIpc) is 2.96. The molecule has 0 aliphatic rings. The third-order valence-electron chi connectivity index (χ3n) is 3.13. The number of anilines is 1. The maximum Gasteiger partial charge on any atom is 0.181 e. The standard InChI is InChI=1S/C16H15ClN4/c1-11-5-7-14(8-6-11)18-10-15-19-16(21-20-15)12-3-2-4-13(17)9-12/h2-9,18H,10H2,1H3,(H,19,20,21). The minimum absolute atomic E-state index is 0.594. The van der Waals surface area contributed by atoms with E-state index in [1.807, 2.05) is 36.4 Å². The van der Waals surface area contributed by atoms with Crippen molar-refractivity contribution in [2.75, 3.05) is 5.32 Å². The van der Waals surface area contributed by atoms with Crippen LogP contribution in [0.1, 0.15) is 11.4 Å². The first-order chi connectivity index (χ1) is 10.2. The molecule has 0 amide bonds. The Balaban J connectivity index is 1.69. The van der Waals surface area contributed by atoms with Crippen molar-refractivity contribution < 1.29 is 0 Å². The van der Waals surface area contributed by atoms with Gasteiger partial charge in [0, 0.05) is 16.3 Å². The lowest BCUT2D eigenvalue weighted by Gasteiger charge is -2.03. The number of hydrogen-bond acceptors (Lipinski definition) is 3. The highest BCUT2D eigenvalue weighted by atomic mass is 35.5. The second-order valence-electron chi connectivity index (χ2n) is 4.84. The zero-order valence-corrected chi connectivity index (χ0v) is 12.4. The van der Waals surface area contributed by atoms with Crippen molar-refractivity contribution >= 4 is 17.3 Å². The molecule has 21 heavy (non-hydrogen) atoms. The number of aryl methyl sites for hydroxylation is 1. The van der Waals surface area contributed by atoms with Crippen molar-refractivity contribution in [3.05, 3.63) is 64.9 Å². The number of aromatic nitrogens is 3. The lowest BCUT2D eigenvalue weighted by Crippen LogP contribution is -2.01. The number of halogens is 1. The van der Waals surface area contributed by atoms with E-state index < -0.39 is 0 Å². The van der Waals surface area contributed by atoms with Gasteiger partial charge >= 0.3 is 0 Å². The SMILES string of the molecule is Cc1ccc(NCc2nc(-c3cccc(Cl)c3)n[nH]2)cc1. The van der Waals surface area contributed by atoms with Crippen molar-refractivity contribution in [3.63, 3.8) is 0 Å². The number of nitrogens with zero attached hydrogens (tertiary/aromatic N) is 2. The summed E-state index contributed by atoms with van der Waals surface area (Å²) in [5, 5.41) is 11.1. The molecule has 3 rings (SSSR count). The Kier molecular flexibility index (Phi) is 3.88. The molecular formula is C16H15ClN4. The molecule has 3 aromatic rings. The number of H-pyrrole nitrogens is 1. The highest BCUT2D eigenvalue weighted by Crippen LogP contribution is 2.19. The lowest BCUT2D eigenvalue weighted by molar-refractivity contribution is 0.955. The summed E-state index contributed by atoms with van der Waals surface area (Å²) >= 11 is 5.98. The summed E-state index contributed by atoms with van der Waals surface area (Å²) in [5.74, 6) is 1.43. The van der Waals surface area contributed by atoms with Crippen LogP contribution < -0.4 is 5.32 Å². The predicted molar refractivity (Wildman–Crippen MR) is 85.3 cm³/mol. The van der Waals surface area contributed by atoms with Gasteiger partial charge in [-0.1, -0.05) is 41.4 Å². The molecule has 0 atom stereocenters. The third-order valence-corrected chi connectivity index (χ3v) is 3.36. The first-order valence-corrected chi connectivity index (χ1v) is 7.06. The Morgan fingerprint density at radius 2 is 1.95 bits per heavy atom. The maximum absolute atomic E-state index is 5.98. The molecule has 0 bridgehead atoms. The molecule has 1 heterocycles. The van der Waals surface area contributed by atoms with Gasteiger partial charge in [-0.2, -0.15) is 5.10 Å². The third kappa shape index (κ3) is 3.41. The molecule has 5 heteroatoms. The topological polar surface area (TPSA) is 53.6 Å². The van der Waals surface area contributed by atoms with Crippen LogP contribution in [0.5, 0.6) is 0 Å². The van der Waals surface area contributed by atoms with E-state index >= 15 is 0 Å². The molecule has 0 aliphatic heterocycles. The van der Waals surface area contributed by atoms with E-state index in [9.17, 15) is 0 Å². The van der Waals surface area contributed by atoms with Gasteiger partial charge in [-0.25, -0.2) is 4.98 Å². The van der Waals surface area contributed by atoms with Crippen LogP contribution in [0.3, 0.4) is 0 Å². The van der Waals surface area contributed by atoms with Gasteiger partial charge in [0.15, 0.2) is 5.82 Å². The molecule has 0 fully saturated rings. The van der Waals surface area contributed by atoms with Crippen LogP contribution in [0.2, 0.25) is 5.02 Å². The fraction of sp³-hybridized carbons (Fsp3) is 0.125. The Bertz CT molecular complexity index is 734. The number of aromatic amines is 1. The molecule has 4 nitrogen and oxygen atoms in total. The van der Waals surface area contributed by atoms with E-state index in [0.717, 1.165) is 17.1 Å². The van der Waals surface area contributed by atoms with E-state index in [0.29, 0.717) is 17.4 Å². The van der Waals surface area contributed by atoms with Gasteiger partial charge in [0.1, 0.15) is 5.82 Å². The van der Waals surface area contributed by atoms with Gasteiger partial charge < -0.3 is 5.32 Å². The summed E-state index contributed by atoms with van der Waals surface area (Å²) in [4.78, 5) is 4.47. The summed E-state index contributed by atoms with van der Waals surface area (Å²) in [6.45, 7) is 2.66. The van der Waals surface area contributed by atoms with E-state index in [1.54, 1.807) is 0 Å². The van der Waals surface area contributed by atoms with E-state index in [4.69, 9.17) is 11.6 Å². The van der Waals surface area contributed by atoms with Crippen LogP contribution in [-0.2, 0) is 6.54 Å². The molecule has 0 spiro atoms. The molecule has 2 aromatic carbocycles. The van der Waals surface area contributed by atoms with E-state index in [-0.39, 0.29) is 0 Å². The zero-order valence-electron chi connectivity index (χ0n) is 11.6. The summed E-state index contributed by atoms with van der Waals surface area (Å²) in [7, 11) is 0. The fourth-order valence-electron chi connectivity index (χ4n) is 1.99. The van der Waals surface area contributed by atoms with Crippen LogP contribution in [0, 0.1) is 6.92 Å². The van der Waals surface area contributed by atoms with Crippen LogP contribution >= 0.6 is 11.6 Å². The van der Waals surface area contributed by atoms with Gasteiger partial charge in [0.2, 0.25) is 0 Å². The van der Waals surface area contributed by atoms with Crippen LogP contribution in [-0.4, -0.2) is 15.2 Å². The van der Waals surface area contributed by atoms with Gasteiger partial charge in [0.05, 0.1) is 6.54 Å². The quantitative estimate of drug-likeness (QED) is 0.764. The predicted octanol–water partition coefficient (Wildman–Crippen LogP) is 4.05. The van der Waals surface area contributed by atoms with Gasteiger partial charge in [-0.05, 0) is 31.2 Å². The maximum atomic E-state index is 5.98. The highest BCUT2D eigenvalue weighted by molar-refractivity contribution is 6.30. The summed E-state index contributed by atoms with van der Waals surface area (Å²) < 4.78 is 0. The smallest absolute Gasteiger partial charge is 0.181 e. The molecule has 0 aliphatic carbocycles. The van der Waals surface area contributed by atoms with Gasteiger partial charge in [-0.15, -0.1) is 0 Å². The number of nitrogens with one attached hydrogen (secondary N) is 2. The normalized spacial score (nSPS) is 10.6. The highest BCUT2D eigenvalue weighted by Gasteiger charge is 2.06. The second kappa shape index (κ2) is 5.97. The van der Waals surface area contributed by atoms with Crippen LogP contribution in [0.4, 0.5) is 5.69 Å². The molecule has 106 valence electrons. The van der Waals surface area contributed by atoms with Crippen molar-refractivity contribution in [1.82, 2.24) is 15.2 Å². The second-order valence-corrected chi connectivity index (χ2v) is 5.27. The lowest BCUT2D eigenvalue weighted by atomic mass is 10.2. The molecule has 2 N–H and O–H groups in total. The Labute approximate surface area is 128 Å². The number of hydrogen-bond donors (Lipinski definition) is 2. The van der Waals surface area contributed by atoms with Crippen molar-refractivity contribution in [3.8, 4) is 11.4 Å². The largest absolute Gasteiger partial charge is 0.378 e. The first-order valence-electron chi connectivity index (χ1n) is 6.68. The summed E-state index contributed by atoms with van der Waals surface area (Å²) in [6, 6.07) is 15.7. The fourth-order valence-corrected chi connectivity index (χ4v) is 2.18. The number of rotatable bonds is 4. The average molecular weight is 299 g/mol.